The fourth-order valence-corrected chi connectivity index (χ4v) is 5.84. The first-order valence-corrected chi connectivity index (χ1v) is 15.3. The topological polar surface area (TPSA) is 149 Å². The molecule has 0 spiro atoms. The molecule has 1 aliphatic rings. The number of aromatic nitrogens is 6. The molecule has 1 saturated heterocycles. The third-order valence-corrected chi connectivity index (χ3v) is 8.37. The summed E-state index contributed by atoms with van der Waals surface area (Å²) in [6, 6.07) is 4.75. The minimum Gasteiger partial charge on any atom is -0.493 e. The maximum absolute atomic E-state index is 13.2. The predicted octanol–water partition coefficient (Wildman–Crippen LogP) is 2.02. The van der Waals surface area contributed by atoms with Crippen molar-refractivity contribution >= 4 is 26.8 Å². The normalized spacial score (nSPS) is 14.8. The number of hydrogen-bond donors (Lipinski definition) is 2. The SMILES string of the molecule is CCCCn1c(=O)n2cnnc2c2[nH]c(-c3cc(S(=O)(=O)NCCCN4CCOCC4)ccc3OCCC)nc21. The van der Waals surface area contributed by atoms with E-state index in [1.807, 2.05) is 6.92 Å². The van der Waals surface area contributed by atoms with Gasteiger partial charge in [-0.25, -0.2) is 27.3 Å². The molecule has 1 aromatic carbocycles. The smallest absolute Gasteiger partial charge is 0.336 e. The lowest BCUT2D eigenvalue weighted by atomic mass is 10.2. The number of aryl methyl sites for hydroxylation is 1. The largest absolute Gasteiger partial charge is 0.493 e. The number of imidazole rings is 1. The highest BCUT2D eigenvalue weighted by atomic mass is 32.2. The second-order valence-electron chi connectivity index (χ2n) is 9.81. The van der Waals surface area contributed by atoms with Crippen LogP contribution < -0.4 is 15.1 Å². The van der Waals surface area contributed by atoms with Gasteiger partial charge in [0.15, 0.2) is 11.3 Å². The van der Waals surface area contributed by atoms with Crippen LogP contribution >= 0.6 is 0 Å². The second-order valence-corrected chi connectivity index (χ2v) is 11.6. The predicted molar refractivity (Wildman–Crippen MR) is 150 cm³/mol. The Balaban J connectivity index is 1.48. The summed E-state index contributed by atoms with van der Waals surface area (Å²) >= 11 is 0. The van der Waals surface area contributed by atoms with Crippen molar-refractivity contribution in [3.05, 3.63) is 35.0 Å². The fraction of sp³-hybridized carbons (Fsp3) is 0.538. The van der Waals surface area contributed by atoms with Crippen molar-refractivity contribution in [2.24, 2.45) is 0 Å². The molecule has 1 fully saturated rings. The van der Waals surface area contributed by atoms with Gasteiger partial charge in [-0.15, -0.1) is 10.2 Å². The number of unbranched alkanes of at least 4 members (excludes halogenated alkanes) is 1. The van der Waals surface area contributed by atoms with Gasteiger partial charge in [0, 0.05) is 26.2 Å². The van der Waals surface area contributed by atoms with Crippen molar-refractivity contribution in [3.8, 4) is 17.1 Å². The Morgan fingerprint density at radius 1 is 1.10 bits per heavy atom. The molecule has 3 aromatic heterocycles. The Labute approximate surface area is 232 Å². The average Bonchev–Trinajstić information content (AvgIpc) is 3.63. The number of aromatic amines is 1. The molecule has 0 aliphatic carbocycles. The summed E-state index contributed by atoms with van der Waals surface area (Å²) in [5.41, 5.74) is 1.53. The van der Waals surface area contributed by atoms with Crippen LogP contribution in [0.25, 0.3) is 28.2 Å². The number of sulfonamides is 1. The van der Waals surface area contributed by atoms with Crippen LogP contribution in [-0.2, 0) is 21.3 Å². The summed E-state index contributed by atoms with van der Waals surface area (Å²) in [5.74, 6) is 0.873. The summed E-state index contributed by atoms with van der Waals surface area (Å²) in [6.45, 7) is 9.24. The lowest BCUT2D eigenvalue weighted by molar-refractivity contribution is 0.0376. The summed E-state index contributed by atoms with van der Waals surface area (Å²) in [6.07, 6.45) is 4.55. The summed E-state index contributed by atoms with van der Waals surface area (Å²) in [5, 5.41) is 8.04. The van der Waals surface area contributed by atoms with E-state index in [9.17, 15) is 13.2 Å². The molecule has 0 bridgehead atoms. The molecule has 4 heterocycles. The van der Waals surface area contributed by atoms with Crippen LogP contribution in [0.1, 0.15) is 39.5 Å². The van der Waals surface area contributed by atoms with Crippen LogP contribution in [0.15, 0.2) is 34.2 Å². The van der Waals surface area contributed by atoms with E-state index >= 15 is 0 Å². The van der Waals surface area contributed by atoms with Crippen molar-refractivity contribution in [1.29, 1.82) is 0 Å². The van der Waals surface area contributed by atoms with Gasteiger partial charge in [0.05, 0.1) is 30.3 Å². The molecule has 216 valence electrons. The third kappa shape index (κ3) is 5.89. The number of hydrogen-bond acceptors (Lipinski definition) is 9. The van der Waals surface area contributed by atoms with Crippen LogP contribution in [0.3, 0.4) is 0 Å². The molecule has 0 saturated carbocycles. The zero-order valence-corrected chi connectivity index (χ0v) is 23.7. The van der Waals surface area contributed by atoms with E-state index in [1.165, 1.54) is 16.8 Å². The highest BCUT2D eigenvalue weighted by Gasteiger charge is 2.22. The molecule has 1 aliphatic heterocycles. The van der Waals surface area contributed by atoms with E-state index in [0.29, 0.717) is 73.3 Å². The maximum atomic E-state index is 13.2. The molecule has 2 N–H and O–H groups in total. The Morgan fingerprint density at radius 3 is 2.70 bits per heavy atom. The van der Waals surface area contributed by atoms with Crippen LogP contribution in [0.5, 0.6) is 5.75 Å². The van der Waals surface area contributed by atoms with Crippen molar-refractivity contribution in [1.82, 2.24) is 38.8 Å². The highest BCUT2D eigenvalue weighted by Crippen LogP contribution is 2.32. The molecule has 0 unspecified atom stereocenters. The first-order valence-electron chi connectivity index (χ1n) is 13.8. The summed E-state index contributed by atoms with van der Waals surface area (Å²) in [7, 11) is -3.79. The lowest BCUT2D eigenvalue weighted by Gasteiger charge is -2.26. The number of nitrogens with zero attached hydrogens (tertiary/aromatic N) is 6. The minimum atomic E-state index is -3.79. The standard InChI is InChI=1S/C26H36N8O5S/c1-3-5-11-33-24-22(25-31-27-18-34(25)26(33)35)29-23(30-24)20-17-19(7-8-21(20)39-14-4-2)40(36,37)28-9-6-10-32-12-15-38-16-13-32/h7-8,17-18,28H,3-6,9-16H2,1-2H3,(H,29,30). The lowest BCUT2D eigenvalue weighted by Crippen LogP contribution is -2.38. The number of fused-ring (bicyclic) bond motifs is 3. The number of ether oxygens (including phenoxy) is 2. The molecular weight excluding hydrogens is 536 g/mol. The molecule has 0 amide bonds. The molecule has 14 heteroatoms. The van der Waals surface area contributed by atoms with Crippen LogP contribution in [0.2, 0.25) is 0 Å². The number of rotatable bonds is 13. The van der Waals surface area contributed by atoms with Gasteiger partial charge in [-0.1, -0.05) is 20.3 Å². The Kier molecular flexibility index (Phi) is 8.78. The summed E-state index contributed by atoms with van der Waals surface area (Å²) in [4.78, 5) is 23.5. The molecular formula is C26H36N8O5S. The first-order chi connectivity index (χ1) is 19.4. The van der Waals surface area contributed by atoms with E-state index in [2.05, 4.69) is 31.7 Å². The molecule has 0 radical (unpaired) electrons. The number of nitrogens with one attached hydrogen (secondary N) is 2. The molecule has 4 aromatic rings. The van der Waals surface area contributed by atoms with E-state index in [1.54, 1.807) is 16.7 Å². The van der Waals surface area contributed by atoms with Crippen molar-refractivity contribution in [3.63, 3.8) is 0 Å². The Morgan fingerprint density at radius 2 is 1.93 bits per heavy atom. The zero-order valence-electron chi connectivity index (χ0n) is 22.9. The maximum Gasteiger partial charge on any atom is 0.336 e. The van der Waals surface area contributed by atoms with Crippen LogP contribution in [0.4, 0.5) is 0 Å². The van der Waals surface area contributed by atoms with E-state index in [4.69, 9.17) is 14.5 Å². The number of morpholine rings is 1. The first kappa shape index (κ1) is 28.2. The van der Waals surface area contributed by atoms with Gasteiger partial charge in [-0.05, 0) is 44.0 Å². The average molecular weight is 573 g/mol. The quantitative estimate of drug-likeness (QED) is 0.230. The van der Waals surface area contributed by atoms with Gasteiger partial charge < -0.3 is 14.5 Å². The van der Waals surface area contributed by atoms with Gasteiger partial charge in [-0.2, -0.15) is 0 Å². The third-order valence-electron chi connectivity index (χ3n) is 6.91. The Bertz CT molecular complexity index is 1620. The van der Waals surface area contributed by atoms with Gasteiger partial charge in [0.25, 0.3) is 0 Å². The van der Waals surface area contributed by atoms with Crippen LogP contribution in [-0.4, -0.2) is 88.5 Å². The molecule has 13 nitrogen and oxygen atoms in total. The van der Waals surface area contributed by atoms with Gasteiger partial charge >= 0.3 is 5.69 Å². The van der Waals surface area contributed by atoms with Gasteiger partial charge in [0.2, 0.25) is 10.0 Å². The van der Waals surface area contributed by atoms with E-state index in [0.717, 1.165) is 38.9 Å². The molecule has 5 rings (SSSR count). The van der Waals surface area contributed by atoms with Crippen molar-refractivity contribution in [2.75, 3.05) is 46.0 Å². The van der Waals surface area contributed by atoms with E-state index < -0.39 is 10.0 Å². The number of H-pyrrole nitrogens is 1. The van der Waals surface area contributed by atoms with Crippen molar-refractivity contribution in [2.45, 2.75) is 51.0 Å². The van der Waals surface area contributed by atoms with E-state index in [-0.39, 0.29) is 10.6 Å². The zero-order chi connectivity index (χ0) is 28.1. The minimum absolute atomic E-state index is 0.106. The molecule has 40 heavy (non-hydrogen) atoms. The highest BCUT2D eigenvalue weighted by molar-refractivity contribution is 7.89. The van der Waals surface area contributed by atoms with Gasteiger partial charge in [-0.3, -0.25) is 9.47 Å². The number of benzene rings is 1. The second kappa shape index (κ2) is 12.5. The summed E-state index contributed by atoms with van der Waals surface area (Å²) < 4.78 is 43.5. The molecule has 0 atom stereocenters. The fourth-order valence-electron chi connectivity index (χ4n) is 4.74. The van der Waals surface area contributed by atoms with Gasteiger partial charge in [0.1, 0.15) is 23.4 Å². The van der Waals surface area contributed by atoms with Crippen molar-refractivity contribution < 1.29 is 17.9 Å². The Hall–Kier alpha value is -3.33. The monoisotopic (exact) mass is 572 g/mol. The van der Waals surface area contributed by atoms with Crippen LogP contribution in [0, 0.1) is 0 Å².